The van der Waals surface area contributed by atoms with Gasteiger partial charge in [-0.1, -0.05) is 32.0 Å². The van der Waals surface area contributed by atoms with E-state index < -0.39 is 0 Å². The molecule has 0 N–H and O–H groups in total. The Hall–Kier alpha value is -1.12. The molecule has 1 aliphatic heterocycles. The molecule has 0 saturated heterocycles. The van der Waals surface area contributed by atoms with E-state index in [0.29, 0.717) is 11.8 Å². The summed E-state index contributed by atoms with van der Waals surface area (Å²) in [7, 11) is 2.16. The van der Waals surface area contributed by atoms with Crippen LogP contribution in [-0.2, 0) is 18.8 Å². The van der Waals surface area contributed by atoms with Crippen molar-refractivity contribution in [1.82, 2.24) is 9.88 Å². The van der Waals surface area contributed by atoms with Crippen LogP contribution in [0.1, 0.15) is 42.1 Å². The number of likely N-dealkylation sites (N-methyl/N-ethyl adjacent to an activating group) is 1. The highest BCUT2D eigenvalue weighted by Crippen LogP contribution is 2.32. The van der Waals surface area contributed by atoms with Gasteiger partial charge in [0.25, 0.3) is 0 Å². The van der Waals surface area contributed by atoms with Crippen LogP contribution >= 0.6 is 11.6 Å². The predicted molar refractivity (Wildman–Crippen MR) is 85.4 cm³/mol. The van der Waals surface area contributed by atoms with Gasteiger partial charge >= 0.3 is 0 Å². The van der Waals surface area contributed by atoms with E-state index in [2.05, 4.69) is 44.0 Å². The Morgan fingerprint density at radius 3 is 2.85 bits per heavy atom. The first-order valence-corrected chi connectivity index (χ1v) is 7.83. The van der Waals surface area contributed by atoms with E-state index in [1.54, 1.807) is 0 Å². The zero-order chi connectivity index (χ0) is 14.3. The van der Waals surface area contributed by atoms with E-state index in [1.807, 2.05) is 0 Å². The quantitative estimate of drug-likeness (QED) is 0.774. The van der Waals surface area contributed by atoms with E-state index in [9.17, 15) is 0 Å². The van der Waals surface area contributed by atoms with Gasteiger partial charge < -0.3 is 4.90 Å². The standard InChI is InChI=1S/C17H21ClN2/c1-11(2)12-5-4-6-13-14(9-18)15-10-20(3)8-7-16(15)19-17(12)13/h4-6,11H,7-10H2,1-3H3. The first-order chi connectivity index (χ1) is 9.61. The van der Waals surface area contributed by atoms with Crippen molar-refractivity contribution >= 4 is 22.5 Å². The van der Waals surface area contributed by atoms with Gasteiger partial charge in [-0.15, -0.1) is 11.6 Å². The summed E-state index contributed by atoms with van der Waals surface area (Å²) >= 11 is 6.28. The van der Waals surface area contributed by atoms with Crippen molar-refractivity contribution in [3.8, 4) is 0 Å². The fourth-order valence-electron chi connectivity index (χ4n) is 3.13. The van der Waals surface area contributed by atoms with E-state index in [1.165, 1.54) is 27.8 Å². The van der Waals surface area contributed by atoms with Crippen molar-refractivity contribution in [3.63, 3.8) is 0 Å². The van der Waals surface area contributed by atoms with Crippen LogP contribution in [0.25, 0.3) is 10.9 Å². The second-order valence-electron chi connectivity index (χ2n) is 6.04. The molecule has 1 aliphatic rings. The second kappa shape index (κ2) is 5.34. The molecule has 0 unspecified atom stereocenters. The van der Waals surface area contributed by atoms with Gasteiger partial charge in [-0.2, -0.15) is 0 Å². The summed E-state index contributed by atoms with van der Waals surface area (Å²) in [6, 6.07) is 6.49. The van der Waals surface area contributed by atoms with Gasteiger partial charge in [0.1, 0.15) is 0 Å². The van der Waals surface area contributed by atoms with E-state index in [-0.39, 0.29) is 0 Å². The molecule has 0 spiro atoms. The molecule has 3 rings (SSSR count). The molecule has 106 valence electrons. The lowest BCUT2D eigenvalue weighted by molar-refractivity contribution is 0.309. The van der Waals surface area contributed by atoms with Crippen molar-refractivity contribution in [2.45, 2.75) is 38.6 Å². The summed E-state index contributed by atoms with van der Waals surface area (Å²) in [5.74, 6) is 1.05. The van der Waals surface area contributed by atoms with Gasteiger partial charge in [-0.25, -0.2) is 0 Å². The van der Waals surface area contributed by atoms with Crippen LogP contribution in [0.3, 0.4) is 0 Å². The summed E-state index contributed by atoms with van der Waals surface area (Å²) < 4.78 is 0. The van der Waals surface area contributed by atoms with Crippen molar-refractivity contribution in [2.24, 2.45) is 0 Å². The van der Waals surface area contributed by atoms with Crippen LogP contribution in [0.15, 0.2) is 18.2 Å². The van der Waals surface area contributed by atoms with Crippen molar-refractivity contribution in [3.05, 3.63) is 40.6 Å². The van der Waals surface area contributed by atoms with Crippen molar-refractivity contribution < 1.29 is 0 Å². The van der Waals surface area contributed by atoms with Crippen LogP contribution in [0, 0.1) is 0 Å². The summed E-state index contributed by atoms with van der Waals surface area (Å²) in [6.07, 6.45) is 1.03. The molecular formula is C17H21ClN2. The minimum absolute atomic E-state index is 0.485. The van der Waals surface area contributed by atoms with Crippen LogP contribution in [0.2, 0.25) is 0 Å². The molecule has 0 aliphatic carbocycles. The maximum absolute atomic E-state index is 6.28. The van der Waals surface area contributed by atoms with Gasteiger partial charge in [0.2, 0.25) is 0 Å². The summed E-state index contributed by atoms with van der Waals surface area (Å²) in [4.78, 5) is 7.34. The number of rotatable bonds is 2. The predicted octanol–water partition coefficient (Wildman–Crippen LogP) is 4.08. The molecule has 2 heterocycles. The smallest absolute Gasteiger partial charge is 0.0743 e. The maximum Gasteiger partial charge on any atom is 0.0743 e. The normalized spacial score (nSPS) is 15.8. The minimum Gasteiger partial charge on any atom is -0.302 e. The molecule has 1 aromatic heterocycles. The first kappa shape index (κ1) is 13.8. The Morgan fingerprint density at radius 1 is 1.35 bits per heavy atom. The number of pyridine rings is 1. The SMILES string of the molecule is CC(C)c1cccc2c(CCl)c3c(nc12)CCN(C)C3. The Balaban J connectivity index is 2.32. The molecule has 1 aromatic carbocycles. The van der Waals surface area contributed by atoms with Crippen LogP contribution < -0.4 is 0 Å². The zero-order valence-corrected chi connectivity index (χ0v) is 13.2. The molecule has 0 amide bonds. The monoisotopic (exact) mass is 288 g/mol. The number of alkyl halides is 1. The Kier molecular flexibility index (Phi) is 3.70. The number of fused-ring (bicyclic) bond motifs is 2. The van der Waals surface area contributed by atoms with Gasteiger partial charge in [-0.05, 0) is 29.7 Å². The second-order valence-corrected chi connectivity index (χ2v) is 6.30. The molecule has 0 fully saturated rings. The minimum atomic E-state index is 0.485. The van der Waals surface area contributed by atoms with Crippen LogP contribution in [0.5, 0.6) is 0 Å². The zero-order valence-electron chi connectivity index (χ0n) is 12.4. The summed E-state index contributed by atoms with van der Waals surface area (Å²) in [6.45, 7) is 6.50. The number of hydrogen-bond donors (Lipinski definition) is 0. The molecule has 3 heteroatoms. The van der Waals surface area contributed by atoms with Crippen LogP contribution in [0.4, 0.5) is 0 Å². The number of aromatic nitrogens is 1. The third-order valence-electron chi connectivity index (χ3n) is 4.27. The van der Waals surface area contributed by atoms with Gasteiger partial charge in [0, 0.05) is 36.5 Å². The van der Waals surface area contributed by atoms with Crippen molar-refractivity contribution in [2.75, 3.05) is 13.6 Å². The third-order valence-corrected chi connectivity index (χ3v) is 4.53. The lowest BCUT2D eigenvalue weighted by Gasteiger charge is -2.27. The van der Waals surface area contributed by atoms with E-state index in [4.69, 9.17) is 16.6 Å². The number of hydrogen-bond acceptors (Lipinski definition) is 2. The topological polar surface area (TPSA) is 16.1 Å². The molecule has 0 bridgehead atoms. The maximum atomic E-state index is 6.28. The molecule has 2 aromatic rings. The molecule has 0 radical (unpaired) electrons. The summed E-state index contributed by atoms with van der Waals surface area (Å²) in [5, 5.41) is 1.24. The number of para-hydroxylation sites is 1. The number of benzene rings is 1. The Bertz CT molecular complexity index is 649. The van der Waals surface area contributed by atoms with Gasteiger partial charge in [0.05, 0.1) is 5.52 Å². The Labute approximate surface area is 125 Å². The fourth-order valence-corrected chi connectivity index (χ4v) is 3.43. The molecular weight excluding hydrogens is 268 g/mol. The number of halogens is 1. The van der Waals surface area contributed by atoms with Crippen molar-refractivity contribution in [1.29, 1.82) is 0 Å². The molecule has 0 saturated carbocycles. The molecule has 20 heavy (non-hydrogen) atoms. The molecule has 2 nitrogen and oxygen atoms in total. The van der Waals surface area contributed by atoms with Gasteiger partial charge in [-0.3, -0.25) is 4.98 Å². The van der Waals surface area contributed by atoms with Crippen LogP contribution in [-0.4, -0.2) is 23.5 Å². The fraction of sp³-hybridized carbons (Fsp3) is 0.471. The lowest BCUT2D eigenvalue weighted by atomic mass is 9.93. The average Bonchev–Trinajstić information content (AvgIpc) is 2.44. The number of nitrogens with zero attached hydrogens (tertiary/aromatic N) is 2. The third kappa shape index (κ3) is 2.21. The summed E-state index contributed by atoms with van der Waals surface area (Å²) in [5.41, 5.74) is 6.36. The van der Waals surface area contributed by atoms with E-state index >= 15 is 0 Å². The highest BCUT2D eigenvalue weighted by atomic mass is 35.5. The Morgan fingerprint density at radius 2 is 2.15 bits per heavy atom. The van der Waals surface area contributed by atoms with Gasteiger partial charge in [0.15, 0.2) is 0 Å². The highest BCUT2D eigenvalue weighted by Gasteiger charge is 2.21. The molecule has 0 atom stereocenters. The average molecular weight is 289 g/mol. The lowest BCUT2D eigenvalue weighted by Crippen LogP contribution is -2.28. The largest absolute Gasteiger partial charge is 0.302 e. The first-order valence-electron chi connectivity index (χ1n) is 7.29. The van der Waals surface area contributed by atoms with E-state index in [0.717, 1.165) is 25.0 Å². The highest BCUT2D eigenvalue weighted by molar-refractivity contribution is 6.18.